The topological polar surface area (TPSA) is 68.5 Å². The summed E-state index contributed by atoms with van der Waals surface area (Å²) in [5.74, 6) is 0.0365. The molecule has 1 atom stereocenters. The maximum absolute atomic E-state index is 12.5. The summed E-state index contributed by atoms with van der Waals surface area (Å²) >= 11 is 0. The molecule has 0 saturated carbocycles. The highest BCUT2D eigenvalue weighted by atomic mass is 32.2. The summed E-state index contributed by atoms with van der Waals surface area (Å²) in [5, 5.41) is 0. The van der Waals surface area contributed by atoms with Crippen molar-refractivity contribution in [3.05, 3.63) is 59.5 Å². The first kappa shape index (κ1) is 18.5. The van der Waals surface area contributed by atoms with E-state index >= 15 is 0 Å². The Hall–Kier alpha value is -1.84. The van der Waals surface area contributed by atoms with Crippen LogP contribution < -0.4 is 4.72 Å². The van der Waals surface area contributed by atoms with Crippen LogP contribution in [0.25, 0.3) is 0 Å². The van der Waals surface area contributed by atoms with Gasteiger partial charge in [-0.05, 0) is 29.8 Å². The molecule has 0 saturated heterocycles. The average Bonchev–Trinajstić information content (AvgIpc) is 3.01. The quantitative estimate of drug-likeness (QED) is 0.821. The van der Waals surface area contributed by atoms with Gasteiger partial charge in [-0.1, -0.05) is 12.1 Å². The summed E-state index contributed by atoms with van der Waals surface area (Å²) < 4.78 is 74.2. The number of furan rings is 1. The maximum atomic E-state index is 12.5. The number of sulfonamides is 1. The zero-order valence-corrected chi connectivity index (χ0v) is 13.5. The van der Waals surface area contributed by atoms with Crippen molar-refractivity contribution >= 4 is 10.0 Å². The van der Waals surface area contributed by atoms with Gasteiger partial charge in [0.2, 0.25) is 10.0 Å². The molecule has 1 heterocycles. The van der Waals surface area contributed by atoms with E-state index < -0.39 is 33.6 Å². The molecule has 0 amide bonds. The molecule has 24 heavy (non-hydrogen) atoms. The maximum Gasteiger partial charge on any atom is 0.416 e. The highest BCUT2D eigenvalue weighted by Gasteiger charge is 2.30. The fourth-order valence-corrected chi connectivity index (χ4v) is 3.18. The Morgan fingerprint density at radius 2 is 1.88 bits per heavy atom. The van der Waals surface area contributed by atoms with E-state index in [9.17, 15) is 21.6 Å². The second-order valence-corrected chi connectivity index (χ2v) is 6.85. The van der Waals surface area contributed by atoms with E-state index in [0.29, 0.717) is 5.76 Å². The lowest BCUT2D eigenvalue weighted by Gasteiger charge is -2.14. The number of rotatable bonds is 7. The number of benzene rings is 1. The molecule has 0 spiro atoms. The summed E-state index contributed by atoms with van der Waals surface area (Å²) in [6.45, 7) is -0.0486. The fraction of sp³-hybridized carbons (Fsp3) is 0.333. The highest BCUT2D eigenvalue weighted by Crippen LogP contribution is 2.29. The van der Waals surface area contributed by atoms with Crippen molar-refractivity contribution in [2.24, 2.45) is 0 Å². The molecule has 0 fully saturated rings. The molecule has 132 valence electrons. The van der Waals surface area contributed by atoms with Gasteiger partial charge in [-0.2, -0.15) is 13.2 Å². The van der Waals surface area contributed by atoms with Crippen LogP contribution >= 0.6 is 0 Å². The third-order valence-corrected chi connectivity index (χ3v) is 4.59. The van der Waals surface area contributed by atoms with Gasteiger partial charge in [-0.3, -0.25) is 0 Å². The largest absolute Gasteiger partial charge is 0.467 e. The Morgan fingerprint density at radius 3 is 2.38 bits per heavy atom. The van der Waals surface area contributed by atoms with Crippen molar-refractivity contribution < 1.29 is 30.7 Å². The molecule has 0 aliphatic rings. The Kier molecular flexibility index (Phi) is 5.68. The number of alkyl halides is 3. The third-order valence-electron chi connectivity index (χ3n) is 3.27. The summed E-state index contributed by atoms with van der Waals surface area (Å²) in [5.41, 5.74) is -0.573. The first-order valence-corrected chi connectivity index (χ1v) is 8.56. The van der Waals surface area contributed by atoms with Crippen molar-refractivity contribution in [1.82, 2.24) is 4.72 Å². The van der Waals surface area contributed by atoms with Crippen LogP contribution in [-0.4, -0.2) is 22.1 Å². The average molecular weight is 363 g/mol. The first-order chi connectivity index (χ1) is 11.2. The van der Waals surface area contributed by atoms with E-state index in [1.807, 2.05) is 0 Å². The summed E-state index contributed by atoms with van der Waals surface area (Å²) in [6, 6.07) is 7.29. The highest BCUT2D eigenvalue weighted by molar-refractivity contribution is 7.88. The molecule has 2 aromatic rings. The minimum Gasteiger partial charge on any atom is -0.467 e. The predicted molar refractivity (Wildman–Crippen MR) is 80.5 cm³/mol. The number of hydrogen-bond donors (Lipinski definition) is 1. The second kappa shape index (κ2) is 7.37. The zero-order chi connectivity index (χ0) is 17.8. The second-order valence-electron chi connectivity index (χ2n) is 5.04. The van der Waals surface area contributed by atoms with E-state index in [2.05, 4.69) is 4.72 Å². The van der Waals surface area contributed by atoms with Crippen molar-refractivity contribution in [3.63, 3.8) is 0 Å². The Labute approximate surface area is 137 Å². The number of hydrogen-bond acceptors (Lipinski definition) is 4. The van der Waals surface area contributed by atoms with Crippen LogP contribution in [0.5, 0.6) is 0 Å². The van der Waals surface area contributed by atoms with Gasteiger partial charge in [0.05, 0.1) is 17.6 Å². The minimum absolute atomic E-state index is 0.0486. The third kappa shape index (κ3) is 5.08. The number of nitrogens with one attached hydrogen (secondary N) is 1. The van der Waals surface area contributed by atoms with Crippen LogP contribution in [0.15, 0.2) is 47.1 Å². The molecular formula is C15H16F3NO4S. The van der Waals surface area contributed by atoms with Crippen molar-refractivity contribution in [1.29, 1.82) is 0 Å². The van der Waals surface area contributed by atoms with E-state index in [4.69, 9.17) is 9.15 Å². The smallest absolute Gasteiger partial charge is 0.416 e. The van der Waals surface area contributed by atoms with Gasteiger partial charge in [0.15, 0.2) is 0 Å². The summed E-state index contributed by atoms with van der Waals surface area (Å²) in [7, 11) is -2.32. The zero-order valence-electron chi connectivity index (χ0n) is 12.7. The molecule has 1 N–H and O–H groups in total. The molecule has 5 nitrogen and oxygen atoms in total. The van der Waals surface area contributed by atoms with Crippen LogP contribution in [0.3, 0.4) is 0 Å². The lowest BCUT2D eigenvalue weighted by atomic mass is 10.1. The van der Waals surface area contributed by atoms with E-state index in [-0.39, 0.29) is 12.1 Å². The molecule has 9 heteroatoms. The Bertz CT molecular complexity index is 740. The van der Waals surface area contributed by atoms with Gasteiger partial charge >= 0.3 is 6.18 Å². The van der Waals surface area contributed by atoms with Crippen molar-refractivity contribution in [3.8, 4) is 0 Å². The molecule has 1 aromatic carbocycles. The normalized spacial score (nSPS) is 13.8. The first-order valence-electron chi connectivity index (χ1n) is 6.91. The van der Waals surface area contributed by atoms with Gasteiger partial charge in [-0.15, -0.1) is 0 Å². The van der Waals surface area contributed by atoms with E-state index in [0.717, 1.165) is 24.3 Å². The SMILES string of the molecule is CO[C@H](CNS(=O)(=O)Cc1ccc(C(F)(F)F)cc1)c1ccco1. The summed E-state index contributed by atoms with van der Waals surface area (Å²) in [4.78, 5) is 0. The molecule has 0 aliphatic carbocycles. The Morgan fingerprint density at radius 1 is 1.21 bits per heavy atom. The van der Waals surface area contributed by atoms with Crippen molar-refractivity contribution in [2.75, 3.05) is 13.7 Å². The Balaban J connectivity index is 1.98. The molecule has 0 unspecified atom stereocenters. The lowest BCUT2D eigenvalue weighted by Crippen LogP contribution is -2.30. The predicted octanol–water partition coefficient (Wildman–Crippen LogP) is 3.11. The molecule has 0 bridgehead atoms. The van der Waals surface area contributed by atoms with Gasteiger partial charge in [0.1, 0.15) is 11.9 Å². The van der Waals surface area contributed by atoms with Gasteiger partial charge in [0.25, 0.3) is 0 Å². The van der Waals surface area contributed by atoms with Crippen LogP contribution in [0.4, 0.5) is 13.2 Å². The monoisotopic (exact) mass is 363 g/mol. The van der Waals surface area contributed by atoms with Crippen LogP contribution in [0.1, 0.15) is 23.0 Å². The van der Waals surface area contributed by atoms with E-state index in [1.165, 1.54) is 13.4 Å². The molecule has 1 aromatic heterocycles. The van der Waals surface area contributed by atoms with Crippen LogP contribution in [0, 0.1) is 0 Å². The molecular weight excluding hydrogens is 347 g/mol. The van der Waals surface area contributed by atoms with Crippen molar-refractivity contribution in [2.45, 2.75) is 18.0 Å². The molecule has 2 rings (SSSR count). The van der Waals surface area contributed by atoms with Gasteiger partial charge in [0, 0.05) is 13.7 Å². The van der Waals surface area contributed by atoms with Crippen LogP contribution in [-0.2, 0) is 26.7 Å². The summed E-state index contributed by atoms with van der Waals surface area (Å²) in [6.07, 6.45) is -3.61. The number of halogens is 3. The fourth-order valence-electron chi connectivity index (χ4n) is 2.04. The molecule has 0 aliphatic heterocycles. The van der Waals surface area contributed by atoms with Gasteiger partial charge in [-0.25, -0.2) is 13.1 Å². The van der Waals surface area contributed by atoms with E-state index in [1.54, 1.807) is 12.1 Å². The standard InChI is InChI=1S/C15H16F3NO4S/c1-22-14(13-3-2-8-23-13)9-19-24(20,21)10-11-4-6-12(7-5-11)15(16,17)18/h2-8,14,19H,9-10H2,1H3/t14-/m1/s1. The lowest BCUT2D eigenvalue weighted by molar-refractivity contribution is -0.137. The molecule has 0 radical (unpaired) electrons. The van der Waals surface area contributed by atoms with Gasteiger partial charge < -0.3 is 9.15 Å². The number of ether oxygens (including phenoxy) is 1. The van der Waals surface area contributed by atoms with Crippen LogP contribution in [0.2, 0.25) is 0 Å². The number of methoxy groups -OCH3 is 1. The minimum atomic E-state index is -4.45.